The summed E-state index contributed by atoms with van der Waals surface area (Å²) >= 11 is 0. The number of benzene rings is 2. The highest BCUT2D eigenvalue weighted by Crippen LogP contribution is 2.33. The molecule has 5 rings (SSSR count). The molecule has 4 aromatic rings. The topological polar surface area (TPSA) is 291 Å². The van der Waals surface area contributed by atoms with Crippen LogP contribution in [0.4, 0.5) is 11.9 Å². The summed E-state index contributed by atoms with van der Waals surface area (Å²) in [5.41, 5.74) is 26.5. The molecular weight excluding hydrogens is 845 g/mol. The SMILES string of the molecule is COc1cc(C(N)=O)cc2nc(NC(=O)C(/C=C(/C)N)=NCC(C)C)n(C/C=C/Cn3c(NC(=O)C(/C=C(/C)N)=NCC(C)C)nc4cc(C(N)=O)cc(OCCCN5CCNCC5)c43)c12. The van der Waals surface area contributed by atoms with Gasteiger partial charge in [-0.05, 0) is 68.5 Å². The number of rotatable bonds is 22. The molecule has 0 bridgehead atoms. The van der Waals surface area contributed by atoms with Crippen LogP contribution >= 0.6 is 0 Å². The molecule has 20 heteroatoms. The quantitative estimate of drug-likeness (QED) is 0.0340. The maximum Gasteiger partial charge on any atom is 0.276 e. The monoisotopic (exact) mass is 909 g/mol. The number of amides is 4. The number of hydrogen-bond donors (Lipinski definition) is 7. The summed E-state index contributed by atoms with van der Waals surface area (Å²) in [6.45, 7) is 17.2. The Hall–Kier alpha value is -7.06. The van der Waals surface area contributed by atoms with E-state index in [1.807, 2.05) is 39.8 Å². The van der Waals surface area contributed by atoms with Gasteiger partial charge in [0.05, 0.1) is 24.8 Å². The molecular formula is C46H64N14O6. The van der Waals surface area contributed by atoms with Crippen LogP contribution in [0.5, 0.6) is 11.5 Å². The zero-order valence-corrected chi connectivity index (χ0v) is 38.9. The van der Waals surface area contributed by atoms with E-state index in [0.29, 0.717) is 64.7 Å². The van der Waals surface area contributed by atoms with Gasteiger partial charge in [0.25, 0.3) is 11.8 Å². The average molecular weight is 909 g/mol. The molecule has 0 radical (unpaired) electrons. The predicted octanol–water partition coefficient (Wildman–Crippen LogP) is 3.32. The lowest BCUT2D eigenvalue weighted by Crippen LogP contribution is -2.43. The molecule has 0 atom stereocenters. The van der Waals surface area contributed by atoms with Gasteiger partial charge in [0, 0.05) is 81.4 Å². The minimum absolute atomic E-state index is 0.111. The van der Waals surface area contributed by atoms with Crippen molar-refractivity contribution in [1.82, 2.24) is 29.3 Å². The number of carbonyl (C=O) groups is 4. The molecule has 0 saturated carbocycles. The second kappa shape index (κ2) is 23.2. The van der Waals surface area contributed by atoms with E-state index >= 15 is 0 Å². The lowest BCUT2D eigenvalue weighted by molar-refractivity contribution is -0.111. The van der Waals surface area contributed by atoms with E-state index in [-0.39, 0.29) is 59.4 Å². The van der Waals surface area contributed by atoms with Crippen molar-refractivity contribution in [2.75, 3.05) is 70.2 Å². The molecule has 4 amide bonds. The van der Waals surface area contributed by atoms with E-state index in [1.54, 1.807) is 35.1 Å². The van der Waals surface area contributed by atoms with Crippen LogP contribution in [0.25, 0.3) is 22.1 Å². The van der Waals surface area contributed by atoms with Crippen molar-refractivity contribution in [1.29, 1.82) is 0 Å². The summed E-state index contributed by atoms with van der Waals surface area (Å²) < 4.78 is 15.6. The van der Waals surface area contributed by atoms with Crippen LogP contribution in [0, 0.1) is 11.8 Å². The van der Waals surface area contributed by atoms with Crippen LogP contribution in [-0.2, 0) is 22.7 Å². The number of imidazole rings is 2. The molecule has 1 aliphatic heterocycles. The van der Waals surface area contributed by atoms with E-state index in [2.05, 4.69) is 30.8 Å². The van der Waals surface area contributed by atoms with Crippen LogP contribution in [0.1, 0.15) is 68.7 Å². The standard InChI is InChI=1S/C46H64N14O6/c1-27(2)25-52-35(19-29(5)47)43(63)56-45-54-33-21-31(41(49)61)23-37(65-7)39(33)59(45)14-8-9-15-60-40-34(55-46(60)57-44(64)36(20-30(6)48)53-26-28(3)4)22-32(42(50)62)24-38(40)66-18-10-13-58-16-11-51-12-17-58/h8-9,19-24,27-28,51H,10-18,25-26,47-48H2,1-7H3,(H2,49,61)(H2,50,62)(H,54,56,63)(H,55,57,64)/b9-8+,29-19-,30-20-,52-35?,53-36?. The Balaban J connectivity index is 1.58. The molecule has 2 aromatic carbocycles. The van der Waals surface area contributed by atoms with Crippen molar-refractivity contribution >= 4 is 69.0 Å². The molecule has 2 aromatic heterocycles. The highest BCUT2D eigenvalue weighted by molar-refractivity contribution is 6.47. The highest BCUT2D eigenvalue weighted by atomic mass is 16.5. The van der Waals surface area contributed by atoms with Crippen molar-refractivity contribution in [2.24, 2.45) is 44.8 Å². The number of allylic oxidation sites excluding steroid dienone is 4. The fraction of sp³-hybridized carbons (Fsp3) is 0.435. The first-order valence-electron chi connectivity index (χ1n) is 22.0. The number of piperazine rings is 1. The Bertz CT molecular complexity index is 2570. The first-order valence-corrected chi connectivity index (χ1v) is 22.0. The van der Waals surface area contributed by atoms with E-state index in [1.165, 1.54) is 31.4 Å². The summed E-state index contributed by atoms with van der Waals surface area (Å²) in [6.07, 6.45) is 7.38. The van der Waals surface area contributed by atoms with Gasteiger partial charge in [0.15, 0.2) is 0 Å². The lowest BCUT2D eigenvalue weighted by atomic mass is 10.1. The van der Waals surface area contributed by atoms with Crippen LogP contribution < -0.4 is 48.4 Å². The number of primary amides is 2. The van der Waals surface area contributed by atoms with E-state index in [4.69, 9.17) is 42.4 Å². The molecule has 354 valence electrons. The predicted molar refractivity (Wildman–Crippen MR) is 259 cm³/mol. The summed E-state index contributed by atoms with van der Waals surface area (Å²) in [7, 11) is 1.45. The molecule has 1 saturated heterocycles. The number of anilines is 2. The zero-order valence-electron chi connectivity index (χ0n) is 38.9. The number of aliphatic imine (C=N–C) groups is 2. The Morgan fingerprint density at radius 1 is 0.742 bits per heavy atom. The van der Waals surface area contributed by atoms with Crippen molar-refractivity contribution in [3.05, 3.63) is 71.1 Å². The molecule has 11 N–H and O–H groups in total. The maximum atomic E-state index is 13.9. The van der Waals surface area contributed by atoms with Gasteiger partial charge in [-0.3, -0.25) is 39.8 Å². The number of ether oxygens (including phenoxy) is 2. The number of aromatic nitrogens is 4. The van der Waals surface area contributed by atoms with Gasteiger partial charge >= 0.3 is 0 Å². The van der Waals surface area contributed by atoms with Crippen molar-refractivity contribution < 1.29 is 28.7 Å². The van der Waals surface area contributed by atoms with Crippen LogP contribution in [0.15, 0.2) is 69.9 Å². The van der Waals surface area contributed by atoms with Crippen LogP contribution in [0.3, 0.4) is 0 Å². The summed E-state index contributed by atoms with van der Waals surface area (Å²) in [5, 5.41) is 9.15. The smallest absolute Gasteiger partial charge is 0.276 e. The lowest BCUT2D eigenvalue weighted by Gasteiger charge is -2.27. The Kier molecular flexibility index (Phi) is 17.6. The van der Waals surface area contributed by atoms with E-state index in [9.17, 15) is 19.2 Å². The fourth-order valence-corrected chi connectivity index (χ4v) is 7.01. The minimum atomic E-state index is -0.685. The van der Waals surface area contributed by atoms with Gasteiger partial charge in [0.2, 0.25) is 23.7 Å². The maximum absolute atomic E-state index is 13.9. The molecule has 3 heterocycles. The van der Waals surface area contributed by atoms with Gasteiger partial charge in [-0.15, -0.1) is 0 Å². The number of nitrogens with zero attached hydrogens (tertiary/aromatic N) is 7. The van der Waals surface area contributed by atoms with Gasteiger partial charge in [-0.2, -0.15) is 0 Å². The number of nitrogens with one attached hydrogen (secondary N) is 3. The number of nitrogens with two attached hydrogens (primary N) is 4. The molecule has 20 nitrogen and oxygen atoms in total. The van der Waals surface area contributed by atoms with Gasteiger partial charge in [-0.1, -0.05) is 39.8 Å². The number of hydrogen-bond acceptors (Lipinski definition) is 14. The Labute approximate surface area is 384 Å². The third kappa shape index (κ3) is 13.5. The van der Waals surface area contributed by atoms with Crippen LogP contribution in [-0.4, -0.2) is 119 Å². The van der Waals surface area contributed by atoms with Gasteiger partial charge in [0.1, 0.15) is 34.0 Å². The summed E-state index contributed by atoms with van der Waals surface area (Å²) in [4.78, 5) is 73.5. The second-order valence-corrected chi connectivity index (χ2v) is 16.9. The first-order chi connectivity index (χ1) is 31.4. The second-order valence-electron chi connectivity index (χ2n) is 16.9. The van der Waals surface area contributed by atoms with Crippen molar-refractivity contribution in [3.8, 4) is 11.5 Å². The molecule has 0 unspecified atom stereocenters. The zero-order chi connectivity index (χ0) is 48.1. The third-order valence-corrected chi connectivity index (χ3v) is 10.1. The van der Waals surface area contributed by atoms with E-state index < -0.39 is 23.6 Å². The van der Waals surface area contributed by atoms with Gasteiger partial charge in [-0.25, -0.2) is 9.97 Å². The largest absolute Gasteiger partial charge is 0.494 e. The molecule has 1 aliphatic rings. The van der Waals surface area contributed by atoms with E-state index in [0.717, 1.165) is 39.1 Å². The number of fused-ring (bicyclic) bond motifs is 2. The van der Waals surface area contributed by atoms with Gasteiger partial charge < -0.3 is 51.8 Å². The summed E-state index contributed by atoms with van der Waals surface area (Å²) in [5.74, 6) is -1.18. The molecule has 0 spiro atoms. The third-order valence-electron chi connectivity index (χ3n) is 10.1. The molecule has 1 fully saturated rings. The molecule has 66 heavy (non-hydrogen) atoms. The number of carbonyl (C=O) groups excluding carboxylic acids is 4. The minimum Gasteiger partial charge on any atom is -0.494 e. The van der Waals surface area contributed by atoms with Crippen LogP contribution in [0.2, 0.25) is 0 Å². The van der Waals surface area contributed by atoms with Crippen molar-refractivity contribution in [2.45, 2.75) is 61.1 Å². The van der Waals surface area contributed by atoms with Crippen molar-refractivity contribution in [3.63, 3.8) is 0 Å². The summed E-state index contributed by atoms with van der Waals surface area (Å²) in [6, 6.07) is 6.16. The fourth-order valence-electron chi connectivity index (χ4n) is 7.01. The number of methoxy groups -OCH3 is 1. The first kappa shape index (κ1) is 49.9. The highest BCUT2D eigenvalue weighted by Gasteiger charge is 2.23. The Morgan fingerprint density at radius 3 is 1.62 bits per heavy atom. The normalized spacial score (nSPS) is 14.5. The Morgan fingerprint density at radius 2 is 1.20 bits per heavy atom. The average Bonchev–Trinajstić information content (AvgIpc) is 3.79. The molecule has 0 aliphatic carbocycles.